The van der Waals surface area contributed by atoms with Gasteiger partial charge in [-0.05, 0) is 24.6 Å². The van der Waals surface area contributed by atoms with Gasteiger partial charge in [-0.25, -0.2) is 0 Å². The third-order valence-electron chi connectivity index (χ3n) is 4.42. The maximum Gasteiger partial charge on any atom is 0.524 e. The summed E-state index contributed by atoms with van der Waals surface area (Å²) in [5, 5.41) is 6.37. The molecular weight excluding hydrogens is 345 g/mol. The van der Waals surface area contributed by atoms with Crippen molar-refractivity contribution in [2.45, 2.75) is 31.1 Å². The highest BCUT2D eigenvalue weighted by Gasteiger charge is 2.38. The topological polar surface area (TPSA) is 42.5 Å². The maximum absolute atomic E-state index is 13.0. The van der Waals surface area contributed by atoms with Gasteiger partial charge in [0, 0.05) is 17.6 Å². The number of methoxy groups -OCH3 is 1. The molecule has 2 N–H and O–H groups in total. The monoisotopic (exact) mass is 366 g/mol. The summed E-state index contributed by atoms with van der Waals surface area (Å²) in [6.45, 7) is 0.710. The fraction of sp³-hybridized carbons (Fsp3) is 0.368. The minimum absolute atomic E-state index is 0.0924. The fourth-order valence-corrected chi connectivity index (χ4v) is 3.29. The molecule has 1 aliphatic rings. The number of hydrogen-bond donors (Lipinski definition) is 2. The summed E-state index contributed by atoms with van der Waals surface area (Å²) in [6.07, 6.45) is -5.44. The van der Waals surface area contributed by atoms with Gasteiger partial charge in [0.25, 0.3) is 0 Å². The highest BCUT2D eigenvalue weighted by molar-refractivity contribution is 5.35. The van der Waals surface area contributed by atoms with Gasteiger partial charge in [-0.1, -0.05) is 48.5 Å². The third kappa shape index (κ3) is 4.55. The van der Waals surface area contributed by atoms with Crippen LogP contribution in [0.1, 0.15) is 29.8 Å². The fourth-order valence-electron chi connectivity index (χ4n) is 3.29. The minimum atomic E-state index is -4.77. The van der Waals surface area contributed by atoms with Crippen molar-refractivity contribution in [3.8, 4) is 5.75 Å². The van der Waals surface area contributed by atoms with Crippen molar-refractivity contribution in [3.05, 3.63) is 65.7 Å². The first-order valence-electron chi connectivity index (χ1n) is 8.40. The minimum Gasteiger partial charge on any atom is -0.496 e. The summed E-state index contributed by atoms with van der Waals surface area (Å²) in [7, 11) is 1.42. The summed E-state index contributed by atoms with van der Waals surface area (Å²) >= 11 is 0. The van der Waals surface area contributed by atoms with Gasteiger partial charge in [0.05, 0.1) is 7.11 Å². The molecule has 0 amide bonds. The van der Waals surface area contributed by atoms with E-state index < -0.39 is 12.6 Å². The number of alkyl halides is 3. The Hall–Kier alpha value is -2.09. The zero-order chi connectivity index (χ0) is 18.6. The van der Waals surface area contributed by atoms with Crippen molar-refractivity contribution >= 4 is 0 Å². The maximum atomic E-state index is 13.0. The molecule has 7 heteroatoms. The lowest BCUT2D eigenvalue weighted by atomic mass is 10.00. The first-order valence-corrected chi connectivity index (χ1v) is 8.40. The van der Waals surface area contributed by atoms with E-state index >= 15 is 0 Å². The van der Waals surface area contributed by atoms with E-state index in [9.17, 15) is 13.2 Å². The van der Waals surface area contributed by atoms with Crippen LogP contribution in [0, 0.1) is 0 Å². The first kappa shape index (κ1) is 18.7. The molecule has 140 valence electrons. The van der Waals surface area contributed by atoms with E-state index in [1.54, 1.807) is 24.3 Å². The van der Waals surface area contributed by atoms with Crippen LogP contribution in [0.2, 0.25) is 0 Å². The molecular formula is C19H21F3N2O2. The summed E-state index contributed by atoms with van der Waals surface area (Å²) in [5.41, 5.74) is 1.33. The second-order valence-corrected chi connectivity index (χ2v) is 6.09. The number of nitrogens with one attached hydrogen (secondary N) is 2. The normalized spacial score (nSPS) is 21.5. The molecule has 3 unspecified atom stereocenters. The van der Waals surface area contributed by atoms with Crippen LogP contribution in [-0.2, 0) is 4.74 Å². The number of benzene rings is 2. The zero-order valence-electron chi connectivity index (χ0n) is 14.3. The summed E-state index contributed by atoms with van der Waals surface area (Å²) in [4.78, 5) is 0. The lowest BCUT2D eigenvalue weighted by molar-refractivity contribution is -0.349. The van der Waals surface area contributed by atoms with E-state index in [2.05, 4.69) is 15.4 Å². The van der Waals surface area contributed by atoms with Crippen LogP contribution < -0.4 is 15.4 Å². The number of ether oxygens (including phenoxy) is 2. The Kier molecular flexibility index (Phi) is 5.80. The molecule has 1 aliphatic heterocycles. The van der Waals surface area contributed by atoms with E-state index in [-0.39, 0.29) is 12.1 Å². The summed E-state index contributed by atoms with van der Waals surface area (Å²) in [5.74, 6) is 0.344. The van der Waals surface area contributed by atoms with Gasteiger partial charge in [-0.3, -0.25) is 10.1 Å². The van der Waals surface area contributed by atoms with Crippen LogP contribution >= 0.6 is 0 Å². The third-order valence-corrected chi connectivity index (χ3v) is 4.42. The lowest BCUT2D eigenvalue weighted by Gasteiger charge is -2.29. The average molecular weight is 366 g/mol. The Bertz CT molecular complexity index is 709. The molecule has 26 heavy (non-hydrogen) atoms. The van der Waals surface area contributed by atoms with Crippen LogP contribution in [0.25, 0.3) is 0 Å². The van der Waals surface area contributed by atoms with E-state index in [1.165, 1.54) is 7.11 Å². The standard InChI is InChI=1S/C19H21F3N2O2/c1-25-16-10-6-5-9-14(16)18(26-19(20,21)22)24-15-11-12-23-17(15)13-7-3-2-4-8-13/h2-10,15,17-18,23-24H,11-12H2,1H3. The van der Waals surface area contributed by atoms with E-state index in [4.69, 9.17) is 4.74 Å². The molecule has 2 aromatic carbocycles. The van der Waals surface area contributed by atoms with Crippen LogP contribution in [0.3, 0.4) is 0 Å². The Morgan fingerprint density at radius 2 is 1.77 bits per heavy atom. The molecule has 0 spiro atoms. The van der Waals surface area contributed by atoms with E-state index in [0.29, 0.717) is 24.3 Å². The molecule has 0 aliphatic carbocycles. The molecule has 0 bridgehead atoms. The molecule has 1 heterocycles. The largest absolute Gasteiger partial charge is 0.524 e. The number of hydrogen-bond acceptors (Lipinski definition) is 4. The molecule has 1 saturated heterocycles. The van der Waals surface area contributed by atoms with Gasteiger partial charge >= 0.3 is 6.36 Å². The van der Waals surface area contributed by atoms with Crippen molar-refractivity contribution < 1.29 is 22.6 Å². The van der Waals surface area contributed by atoms with E-state index in [0.717, 1.165) is 5.56 Å². The van der Waals surface area contributed by atoms with E-state index in [1.807, 2.05) is 30.3 Å². The summed E-state index contributed by atoms with van der Waals surface area (Å²) < 4.78 is 48.6. The molecule has 2 aromatic rings. The Morgan fingerprint density at radius 1 is 1.08 bits per heavy atom. The predicted molar refractivity (Wildman–Crippen MR) is 91.6 cm³/mol. The molecule has 0 aromatic heterocycles. The molecule has 0 saturated carbocycles. The molecule has 3 rings (SSSR count). The Morgan fingerprint density at radius 3 is 2.46 bits per heavy atom. The lowest BCUT2D eigenvalue weighted by Crippen LogP contribution is -2.40. The van der Waals surface area contributed by atoms with Gasteiger partial charge in [0.1, 0.15) is 12.0 Å². The molecule has 1 fully saturated rings. The SMILES string of the molecule is COc1ccccc1C(NC1CCNC1c1ccccc1)OC(F)(F)F. The van der Waals surface area contributed by atoms with Gasteiger partial charge < -0.3 is 10.1 Å². The second kappa shape index (κ2) is 8.07. The van der Waals surface area contributed by atoms with Gasteiger partial charge in [-0.15, -0.1) is 13.2 Å². The van der Waals surface area contributed by atoms with Crippen molar-refractivity contribution in [3.63, 3.8) is 0 Å². The molecule has 4 nitrogen and oxygen atoms in total. The van der Waals surface area contributed by atoms with Crippen LogP contribution in [0.5, 0.6) is 5.75 Å². The predicted octanol–water partition coefficient (Wildman–Crippen LogP) is 3.92. The van der Waals surface area contributed by atoms with Crippen LogP contribution in [-0.4, -0.2) is 26.1 Å². The van der Waals surface area contributed by atoms with Crippen LogP contribution in [0.4, 0.5) is 13.2 Å². The summed E-state index contributed by atoms with van der Waals surface area (Å²) in [6, 6.07) is 15.9. The molecule has 3 atom stereocenters. The van der Waals surface area contributed by atoms with Crippen molar-refractivity contribution in [2.75, 3.05) is 13.7 Å². The van der Waals surface area contributed by atoms with Gasteiger partial charge in [0.15, 0.2) is 0 Å². The number of para-hydroxylation sites is 1. The van der Waals surface area contributed by atoms with Crippen molar-refractivity contribution in [2.24, 2.45) is 0 Å². The van der Waals surface area contributed by atoms with Crippen molar-refractivity contribution in [1.82, 2.24) is 10.6 Å². The second-order valence-electron chi connectivity index (χ2n) is 6.09. The Balaban J connectivity index is 1.85. The number of rotatable bonds is 6. The first-order chi connectivity index (χ1) is 12.5. The van der Waals surface area contributed by atoms with Gasteiger partial charge in [-0.2, -0.15) is 0 Å². The number of halogens is 3. The highest BCUT2D eigenvalue weighted by Crippen LogP contribution is 2.34. The van der Waals surface area contributed by atoms with Crippen LogP contribution in [0.15, 0.2) is 54.6 Å². The zero-order valence-corrected chi connectivity index (χ0v) is 14.3. The Labute approximate surface area is 150 Å². The van der Waals surface area contributed by atoms with Crippen molar-refractivity contribution in [1.29, 1.82) is 0 Å². The van der Waals surface area contributed by atoms with Gasteiger partial charge in [0.2, 0.25) is 0 Å². The average Bonchev–Trinajstić information content (AvgIpc) is 3.09. The quantitative estimate of drug-likeness (QED) is 0.761. The smallest absolute Gasteiger partial charge is 0.496 e. The molecule has 0 radical (unpaired) electrons. The highest BCUT2D eigenvalue weighted by atomic mass is 19.4.